The molecule has 0 aliphatic carbocycles. The van der Waals surface area contributed by atoms with Gasteiger partial charge in [0.25, 0.3) is 0 Å². The molecule has 2 aromatic carbocycles. The van der Waals surface area contributed by atoms with E-state index in [9.17, 15) is 4.39 Å². The first kappa shape index (κ1) is 21.1. The quantitative estimate of drug-likeness (QED) is 0.429. The van der Waals surface area contributed by atoms with Crippen molar-refractivity contribution in [3.05, 3.63) is 65.2 Å². The Kier molecular flexibility index (Phi) is 6.39. The van der Waals surface area contributed by atoms with E-state index in [1.807, 2.05) is 49.6 Å². The summed E-state index contributed by atoms with van der Waals surface area (Å²) in [7, 11) is 3.97. The summed E-state index contributed by atoms with van der Waals surface area (Å²) in [5, 5.41) is 3.22. The molecule has 0 bridgehead atoms. The molecule has 2 aromatic heterocycles. The number of nitrogens with one attached hydrogen (secondary N) is 1. The summed E-state index contributed by atoms with van der Waals surface area (Å²) < 4.78 is 21.2. The van der Waals surface area contributed by atoms with Crippen molar-refractivity contribution in [2.24, 2.45) is 0 Å². The third-order valence-electron chi connectivity index (χ3n) is 4.75. The van der Waals surface area contributed by atoms with Crippen LogP contribution in [0.3, 0.4) is 0 Å². The summed E-state index contributed by atoms with van der Waals surface area (Å²) >= 11 is 1.60. The van der Waals surface area contributed by atoms with Crippen LogP contribution in [0.1, 0.15) is 11.4 Å². The molecule has 2 heterocycles. The van der Waals surface area contributed by atoms with Gasteiger partial charge < -0.3 is 15.0 Å². The van der Waals surface area contributed by atoms with E-state index in [1.54, 1.807) is 23.5 Å². The van der Waals surface area contributed by atoms with Crippen molar-refractivity contribution in [2.45, 2.75) is 13.5 Å². The SMILES string of the molecule is Cc1nc(NCc2cc(OCCN(C)C)ccc2F)cc(-c2ccc3ncsc3c2)n1. The zero-order valence-electron chi connectivity index (χ0n) is 17.7. The Morgan fingerprint density at radius 2 is 1.97 bits per heavy atom. The first-order valence-corrected chi connectivity index (χ1v) is 10.8. The third-order valence-corrected chi connectivity index (χ3v) is 5.54. The number of nitrogens with zero attached hydrogens (tertiary/aromatic N) is 4. The van der Waals surface area contributed by atoms with Crippen molar-refractivity contribution in [3.63, 3.8) is 0 Å². The Bertz CT molecular complexity index is 1190. The molecule has 4 rings (SSSR count). The number of halogens is 1. The topological polar surface area (TPSA) is 63.2 Å². The Labute approximate surface area is 184 Å². The number of benzene rings is 2. The molecule has 0 amide bonds. The summed E-state index contributed by atoms with van der Waals surface area (Å²) in [6, 6.07) is 12.8. The first-order valence-electron chi connectivity index (χ1n) is 9.97. The first-order chi connectivity index (χ1) is 15.0. The minimum Gasteiger partial charge on any atom is -0.492 e. The predicted octanol–water partition coefficient (Wildman–Crippen LogP) is 4.75. The van der Waals surface area contributed by atoms with Crippen molar-refractivity contribution in [1.29, 1.82) is 0 Å². The molecule has 0 fully saturated rings. The average molecular weight is 438 g/mol. The van der Waals surface area contributed by atoms with Crippen LogP contribution in [0.2, 0.25) is 0 Å². The predicted molar refractivity (Wildman–Crippen MR) is 123 cm³/mol. The molecule has 0 unspecified atom stereocenters. The number of hydrogen-bond donors (Lipinski definition) is 1. The number of fused-ring (bicyclic) bond motifs is 1. The van der Waals surface area contributed by atoms with Gasteiger partial charge in [-0.1, -0.05) is 6.07 Å². The van der Waals surface area contributed by atoms with Crippen LogP contribution in [0.25, 0.3) is 21.5 Å². The van der Waals surface area contributed by atoms with Crippen LogP contribution in [0, 0.1) is 12.7 Å². The third kappa shape index (κ3) is 5.34. The van der Waals surface area contributed by atoms with Crippen LogP contribution in [0.15, 0.2) is 48.0 Å². The maximum atomic E-state index is 14.3. The van der Waals surface area contributed by atoms with E-state index in [2.05, 4.69) is 26.3 Å². The second-order valence-electron chi connectivity index (χ2n) is 7.48. The second kappa shape index (κ2) is 9.36. The van der Waals surface area contributed by atoms with Crippen molar-refractivity contribution < 1.29 is 9.13 Å². The van der Waals surface area contributed by atoms with E-state index in [-0.39, 0.29) is 5.82 Å². The summed E-state index contributed by atoms with van der Waals surface area (Å²) in [4.78, 5) is 15.4. The van der Waals surface area contributed by atoms with Crippen LogP contribution >= 0.6 is 11.3 Å². The van der Waals surface area contributed by atoms with Gasteiger partial charge in [0.15, 0.2) is 0 Å². The molecule has 31 heavy (non-hydrogen) atoms. The van der Waals surface area contributed by atoms with Crippen LogP contribution in [-0.4, -0.2) is 47.1 Å². The van der Waals surface area contributed by atoms with E-state index in [4.69, 9.17) is 4.74 Å². The Morgan fingerprint density at radius 1 is 1.10 bits per heavy atom. The standard InChI is InChI=1S/C23H24FN5OS/c1-15-27-21(16-4-7-20-22(11-16)31-14-26-20)12-23(28-15)25-13-17-10-18(5-6-19(17)24)30-9-8-29(2)3/h4-7,10-12,14H,8-9,13H2,1-3H3,(H,25,27,28). The fourth-order valence-corrected chi connectivity index (χ4v) is 3.85. The number of rotatable bonds is 8. The molecule has 0 saturated heterocycles. The maximum absolute atomic E-state index is 14.3. The number of likely N-dealkylation sites (N-methyl/N-ethyl adjacent to an activating group) is 1. The highest BCUT2D eigenvalue weighted by molar-refractivity contribution is 7.16. The van der Waals surface area contributed by atoms with Gasteiger partial charge in [-0.3, -0.25) is 0 Å². The highest BCUT2D eigenvalue weighted by Crippen LogP contribution is 2.26. The van der Waals surface area contributed by atoms with Gasteiger partial charge in [-0.15, -0.1) is 11.3 Å². The average Bonchev–Trinajstić information content (AvgIpc) is 3.21. The van der Waals surface area contributed by atoms with Gasteiger partial charge in [-0.25, -0.2) is 19.3 Å². The second-order valence-corrected chi connectivity index (χ2v) is 8.37. The highest BCUT2D eigenvalue weighted by Gasteiger charge is 2.09. The Balaban J connectivity index is 1.50. The number of aryl methyl sites for hydroxylation is 1. The van der Waals surface area contributed by atoms with Gasteiger partial charge in [0.05, 0.1) is 21.4 Å². The van der Waals surface area contributed by atoms with Crippen LogP contribution < -0.4 is 10.1 Å². The van der Waals surface area contributed by atoms with Gasteiger partial charge >= 0.3 is 0 Å². The molecule has 0 saturated carbocycles. The van der Waals surface area contributed by atoms with Gasteiger partial charge in [0, 0.05) is 30.3 Å². The number of aromatic nitrogens is 3. The Morgan fingerprint density at radius 3 is 2.81 bits per heavy atom. The van der Waals surface area contributed by atoms with Crippen molar-refractivity contribution in [2.75, 3.05) is 32.6 Å². The lowest BCUT2D eigenvalue weighted by molar-refractivity contribution is 0.261. The largest absolute Gasteiger partial charge is 0.492 e. The molecule has 8 heteroatoms. The molecule has 0 radical (unpaired) electrons. The summed E-state index contributed by atoms with van der Waals surface area (Å²) in [6.07, 6.45) is 0. The normalized spacial score (nSPS) is 11.3. The van der Waals surface area contributed by atoms with Gasteiger partial charge in [-0.05, 0) is 51.4 Å². The van der Waals surface area contributed by atoms with E-state index in [1.165, 1.54) is 6.07 Å². The van der Waals surface area contributed by atoms with Crippen molar-refractivity contribution >= 4 is 27.4 Å². The zero-order valence-corrected chi connectivity index (χ0v) is 18.5. The fraction of sp³-hybridized carbons (Fsp3) is 0.261. The molecule has 160 valence electrons. The van der Waals surface area contributed by atoms with E-state index < -0.39 is 0 Å². The summed E-state index contributed by atoms with van der Waals surface area (Å²) in [5.41, 5.74) is 5.13. The number of hydrogen-bond acceptors (Lipinski definition) is 7. The fourth-order valence-electron chi connectivity index (χ4n) is 3.13. The van der Waals surface area contributed by atoms with Crippen LogP contribution in [0.5, 0.6) is 5.75 Å². The van der Waals surface area contributed by atoms with Crippen LogP contribution in [-0.2, 0) is 6.54 Å². The molecule has 6 nitrogen and oxygen atoms in total. The summed E-state index contributed by atoms with van der Waals surface area (Å²) in [5.74, 6) is 1.66. The van der Waals surface area contributed by atoms with E-state index in [0.717, 1.165) is 28.0 Å². The van der Waals surface area contributed by atoms with E-state index in [0.29, 0.717) is 36.1 Å². The minimum absolute atomic E-state index is 0.283. The lowest BCUT2D eigenvalue weighted by atomic mass is 10.1. The highest BCUT2D eigenvalue weighted by atomic mass is 32.1. The number of ether oxygens (including phenoxy) is 1. The van der Waals surface area contributed by atoms with Crippen molar-refractivity contribution in [1.82, 2.24) is 19.9 Å². The Hall–Kier alpha value is -3.10. The molecule has 0 aliphatic heterocycles. The monoisotopic (exact) mass is 437 g/mol. The maximum Gasteiger partial charge on any atom is 0.130 e. The van der Waals surface area contributed by atoms with E-state index >= 15 is 0 Å². The lowest BCUT2D eigenvalue weighted by Crippen LogP contribution is -2.19. The molecule has 0 spiro atoms. The van der Waals surface area contributed by atoms with Gasteiger partial charge in [0.1, 0.15) is 29.8 Å². The van der Waals surface area contributed by atoms with Crippen molar-refractivity contribution in [3.8, 4) is 17.0 Å². The molecular weight excluding hydrogens is 413 g/mol. The van der Waals surface area contributed by atoms with Gasteiger partial charge in [-0.2, -0.15) is 0 Å². The van der Waals surface area contributed by atoms with Gasteiger partial charge in [0.2, 0.25) is 0 Å². The molecule has 4 aromatic rings. The number of anilines is 1. The number of thiazole rings is 1. The zero-order chi connectivity index (χ0) is 21.8. The molecule has 0 aliphatic rings. The molecular formula is C23H24FN5OS. The minimum atomic E-state index is -0.283. The smallest absolute Gasteiger partial charge is 0.130 e. The lowest BCUT2D eigenvalue weighted by Gasteiger charge is -2.13. The van der Waals surface area contributed by atoms with Crippen LogP contribution in [0.4, 0.5) is 10.2 Å². The summed E-state index contributed by atoms with van der Waals surface area (Å²) in [6.45, 7) is 3.48. The molecule has 0 atom stereocenters. The molecule has 1 N–H and O–H groups in total.